The van der Waals surface area contributed by atoms with E-state index in [1.807, 2.05) is 23.1 Å². The Morgan fingerprint density at radius 2 is 1.86 bits per heavy atom. The SMILES string of the molecule is CC1CCCN(C(=O)c2nc(C(=O)N3CCN(C=O)CC3)n3ccccc23)C1. The summed E-state index contributed by atoms with van der Waals surface area (Å²) in [6, 6.07) is 5.51. The lowest BCUT2D eigenvalue weighted by Crippen LogP contribution is -2.48. The van der Waals surface area contributed by atoms with Gasteiger partial charge in [0, 0.05) is 45.5 Å². The first-order valence-corrected chi connectivity index (χ1v) is 9.83. The Balaban J connectivity index is 1.64. The number of carbonyl (C=O) groups is 3. The summed E-state index contributed by atoms with van der Waals surface area (Å²) in [5.41, 5.74) is 0.991. The van der Waals surface area contributed by atoms with E-state index in [-0.39, 0.29) is 17.6 Å². The van der Waals surface area contributed by atoms with Crippen molar-refractivity contribution < 1.29 is 14.4 Å². The van der Waals surface area contributed by atoms with Gasteiger partial charge < -0.3 is 14.7 Å². The van der Waals surface area contributed by atoms with E-state index in [0.29, 0.717) is 43.3 Å². The fraction of sp³-hybridized carbons (Fsp3) is 0.500. The van der Waals surface area contributed by atoms with Crippen molar-refractivity contribution in [3.63, 3.8) is 0 Å². The average Bonchev–Trinajstić information content (AvgIpc) is 3.12. The van der Waals surface area contributed by atoms with Crippen LogP contribution >= 0.6 is 0 Å². The van der Waals surface area contributed by atoms with Gasteiger partial charge in [0.15, 0.2) is 5.69 Å². The lowest BCUT2D eigenvalue weighted by Gasteiger charge is -2.32. The molecule has 4 rings (SSSR count). The van der Waals surface area contributed by atoms with Crippen molar-refractivity contribution in [2.75, 3.05) is 39.3 Å². The summed E-state index contributed by atoms with van der Waals surface area (Å²) in [6.45, 7) is 5.55. The first-order chi connectivity index (χ1) is 13.6. The number of fused-ring (bicyclic) bond motifs is 1. The zero-order valence-corrected chi connectivity index (χ0v) is 16.1. The van der Waals surface area contributed by atoms with Gasteiger partial charge in [-0.15, -0.1) is 0 Å². The first-order valence-electron chi connectivity index (χ1n) is 9.83. The quantitative estimate of drug-likeness (QED) is 0.744. The number of aromatic nitrogens is 2. The van der Waals surface area contributed by atoms with Crippen LogP contribution in [0.2, 0.25) is 0 Å². The molecule has 8 nitrogen and oxygen atoms in total. The molecule has 0 N–H and O–H groups in total. The first kappa shape index (κ1) is 18.5. The fourth-order valence-electron chi connectivity index (χ4n) is 4.04. The van der Waals surface area contributed by atoms with E-state index >= 15 is 0 Å². The predicted molar refractivity (Wildman–Crippen MR) is 103 cm³/mol. The Morgan fingerprint density at radius 1 is 1.07 bits per heavy atom. The molecule has 2 aliphatic heterocycles. The van der Waals surface area contributed by atoms with E-state index in [9.17, 15) is 14.4 Å². The second kappa shape index (κ2) is 7.61. The molecule has 0 aromatic carbocycles. The van der Waals surface area contributed by atoms with Gasteiger partial charge in [-0.3, -0.25) is 18.8 Å². The highest BCUT2D eigenvalue weighted by Gasteiger charge is 2.30. The van der Waals surface area contributed by atoms with Crippen molar-refractivity contribution in [2.24, 2.45) is 5.92 Å². The van der Waals surface area contributed by atoms with E-state index in [2.05, 4.69) is 11.9 Å². The normalized spacial score (nSPS) is 20.5. The molecule has 2 aromatic rings. The molecule has 148 valence electrons. The third-order valence-corrected chi connectivity index (χ3v) is 5.64. The monoisotopic (exact) mass is 383 g/mol. The minimum atomic E-state index is -0.210. The summed E-state index contributed by atoms with van der Waals surface area (Å²) in [5.74, 6) is 0.406. The maximum absolute atomic E-state index is 13.1. The van der Waals surface area contributed by atoms with Gasteiger partial charge in [-0.05, 0) is 30.9 Å². The Kier molecular flexibility index (Phi) is 5.02. The third-order valence-electron chi connectivity index (χ3n) is 5.64. The van der Waals surface area contributed by atoms with Crippen LogP contribution in [-0.2, 0) is 4.79 Å². The number of pyridine rings is 1. The molecule has 2 aliphatic rings. The number of likely N-dealkylation sites (tertiary alicyclic amines) is 1. The number of hydrogen-bond donors (Lipinski definition) is 0. The minimum Gasteiger partial charge on any atom is -0.342 e. The maximum Gasteiger partial charge on any atom is 0.290 e. The van der Waals surface area contributed by atoms with E-state index in [0.717, 1.165) is 32.3 Å². The lowest BCUT2D eigenvalue weighted by atomic mass is 10.00. The molecule has 0 radical (unpaired) electrons. The topological polar surface area (TPSA) is 78.2 Å². The number of hydrogen-bond acceptors (Lipinski definition) is 4. The molecule has 1 atom stereocenters. The van der Waals surface area contributed by atoms with Gasteiger partial charge in [0.2, 0.25) is 12.2 Å². The largest absolute Gasteiger partial charge is 0.342 e. The molecule has 8 heteroatoms. The summed E-state index contributed by atoms with van der Waals surface area (Å²) in [5, 5.41) is 0. The average molecular weight is 383 g/mol. The number of rotatable bonds is 3. The van der Waals surface area contributed by atoms with Gasteiger partial charge in [0.05, 0.1) is 5.52 Å². The van der Waals surface area contributed by atoms with Crippen LogP contribution in [0.1, 0.15) is 40.9 Å². The van der Waals surface area contributed by atoms with Crippen molar-refractivity contribution in [3.05, 3.63) is 35.9 Å². The van der Waals surface area contributed by atoms with Crippen molar-refractivity contribution in [3.8, 4) is 0 Å². The summed E-state index contributed by atoms with van der Waals surface area (Å²) in [6.07, 6.45) is 4.70. The van der Waals surface area contributed by atoms with Crippen LogP contribution < -0.4 is 0 Å². The van der Waals surface area contributed by atoms with Gasteiger partial charge in [-0.1, -0.05) is 13.0 Å². The molecular formula is C20H25N5O3. The highest BCUT2D eigenvalue weighted by Crippen LogP contribution is 2.21. The zero-order chi connectivity index (χ0) is 19.7. The second-order valence-corrected chi connectivity index (χ2v) is 7.67. The zero-order valence-electron chi connectivity index (χ0n) is 16.1. The van der Waals surface area contributed by atoms with Gasteiger partial charge in [0.25, 0.3) is 11.8 Å². The van der Waals surface area contributed by atoms with Crippen LogP contribution in [0.5, 0.6) is 0 Å². The Labute approximate surface area is 163 Å². The third kappa shape index (κ3) is 3.34. The standard InChI is InChI=1S/C20H25N5O3/c1-15-5-4-7-24(13-15)19(27)17-16-6-2-3-8-25(16)18(21-17)20(28)23-11-9-22(14-26)10-12-23/h2-3,6,8,14-15H,4-5,7,9-13H2,1H3. The van der Waals surface area contributed by atoms with Crippen molar-refractivity contribution in [1.29, 1.82) is 0 Å². The molecule has 4 heterocycles. The van der Waals surface area contributed by atoms with E-state index < -0.39 is 0 Å². The van der Waals surface area contributed by atoms with E-state index in [1.165, 1.54) is 0 Å². The smallest absolute Gasteiger partial charge is 0.290 e. The van der Waals surface area contributed by atoms with Crippen LogP contribution in [-0.4, -0.2) is 81.6 Å². The fourth-order valence-corrected chi connectivity index (χ4v) is 4.04. The maximum atomic E-state index is 13.1. The second-order valence-electron chi connectivity index (χ2n) is 7.67. The molecule has 0 spiro atoms. The summed E-state index contributed by atoms with van der Waals surface area (Å²) in [7, 11) is 0. The number of imidazole rings is 1. The van der Waals surface area contributed by atoms with Gasteiger partial charge in [-0.2, -0.15) is 0 Å². The van der Waals surface area contributed by atoms with E-state index in [1.54, 1.807) is 20.4 Å². The molecule has 2 fully saturated rings. The summed E-state index contributed by atoms with van der Waals surface area (Å²) >= 11 is 0. The molecule has 1 unspecified atom stereocenters. The number of amides is 3. The molecule has 0 saturated carbocycles. The molecule has 2 saturated heterocycles. The predicted octanol–water partition coefficient (Wildman–Crippen LogP) is 1.12. The van der Waals surface area contributed by atoms with Gasteiger partial charge in [0.1, 0.15) is 0 Å². The van der Waals surface area contributed by atoms with Crippen LogP contribution in [0.15, 0.2) is 24.4 Å². The van der Waals surface area contributed by atoms with Gasteiger partial charge >= 0.3 is 0 Å². The number of piperidine rings is 1. The Hall–Kier alpha value is -2.90. The van der Waals surface area contributed by atoms with Crippen LogP contribution in [0.4, 0.5) is 0 Å². The molecule has 0 aliphatic carbocycles. The van der Waals surface area contributed by atoms with Crippen molar-refractivity contribution in [1.82, 2.24) is 24.1 Å². The number of piperazine rings is 1. The summed E-state index contributed by atoms with van der Waals surface area (Å²) in [4.78, 5) is 46.8. The van der Waals surface area contributed by atoms with Crippen LogP contribution in [0.25, 0.3) is 5.52 Å². The molecule has 2 aromatic heterocycles. The van der Waals surface area contributed by atoms with Crippen molar-refractivity contribution in [2.45, 2.75) is 19.8 Å². The molecule has 28 heavy (non-hydrogen) atoms. The Morgan fingerprint density at radius 3 is 2.57 bits per heavy atom. The Bertz CT molecular complexity index is 900. The van der Waals surface area contributed by atoms with Crippen LogP contribution in [0, 0.1) is 5.92 Å². The summed E-state index contributed by atoms with van der Waals surface area (Å²) < 4.78 is 1.70. The van der Waals surface area contributed by atoms with Crippen molar-refractivity contribution >= 4 is 23.7 Å². The molecule has 0 bridgehead atoms. The highest BCUT2D eigenvalue weighted by atomic mass is 16.2. The molecule has 3 amide bonds. The highest BCUT2D eigenvalue weighted by molar-refractivity contribution is 6.02. The molecular weight excluding hydrogens is 358 g/mol. The number of carbonyl (C=O) groups excluding carboxylic acids is 3. The van der Waals surface area contributed by atoms with Gasteiger partial charge in [-0.25, -0.2) is 4.98 Å². The van der Waals surface area contributed by atoms with E-state index in [4.69, 9.17) is 0 Å². The number of nitrogens with zero attached hydrogens (tertiary/aromatic N) is 5. The van der Waals surface area contributed by atoms with Crippen LogP contribution in [0.3, 0.4) is 0 Å². The minimum absolute atomic E-state index is 0.111. The lowest BCUT2D eigenvalue weighted by molar-refractivity contribution is -0.119.